The fraction of sp³-hybridized carbons (Fsp3) is 0.167. The molecule has 5 aromatic rings. The Morgan fingerprint density at radius 1 is 0.586 bits per heavy atom. The summed E-state index contributed by atoms with van der Waals surface area (Å²) in [6.07, 6.45) is 0. The van der Waals surface area contributed by atoms with Crippen LogP contribution < -0.4 is 0 Å². The lowest BCUT2D eigenvalue weighted by Crippen LogP contribution is -2.00. The highest BCUT2D eigenvalue weighted by Crippen LogP contribution is 2.38. The van der Waals surface area contributed by atoms with E-state index >= 15 is 0 Å². The number of hydrogen-bond donors (Lipinski definition) is 1. The molecule has 3 heterocycles. The average Bonchev–Trinajstić information content (AvgIpc) is 3.30. The third kappa shape index (κ3) is 2.72. The zero-order valence-electron chi connectivity index (χ0n) is 16.8. The number of H-pyrrole nitrogens is 1. The van der Waals surface area contributed by atoms with Gasteiger partial charge in [-0.2, -0.15) is 0 Å². The molecule has 0 saturated heterocycles. The van der Waals surface area contributed by atoms with Crippen LogP contribution in [-0.4, -0.2) is 14.1 Å². The van der Waals surface area contributed by atoms with E-state index in [-0.39, 0.29) is 0 Å². The highest BCUT2D eigenvalue weighted by molar-refractivity contribution is 6.34. The number of aromatic nitrogens is 3. The van der Waals surface area contributed by atoms with Crippen LogP contribution in [0.2, 0.25) is 10.0 Å². The second-order valence-corrected chi connectivity index (χ2v) is 8.60. The van der Waals surface area contributed by atoms with Gasteiger partial charge in [-0.15, -0.1) is 0 Å². The van der Waals surface area contributed by atoms with E-state index < -0.39 is 0 Å². The lowest BCUT2D eigenvalue weighted by atomic mass is 10.1. The minimum absolute atomic E-state index is 0.704. The molecule has 0 aliphatic carbocycles. The van der Waals surface area contributed by atoms with Gasteiger partial charge in [0.05, 0.1) is 22.4 Å². The van der Waals surface area contributed by atoms with Gasteiger partial charge in [-0.25, -0.2) is 0 Å². The molecule has 0 spiro atoms. The number of aromatic amines is 1. The second kappa shape index (κ2) is 6.45. The van der Waals surface area contributed by atoms with Gasteiger partial charge in [0.15, 0.2) is 0 Å². The largest absolute Gasteiger partial charge is 0.351 e. The van der Waals surface area contributed by atoms with Gasteiger partial charge in [-0.1, -0.05) is 23.2 Å². The maximum Gasteiger partial charge on any atom is 0.0712 e. The van der Waals surface area contributed by atoms with E-state index in [9.17, 15) is 0 Å². The van der Waals surface area contributed by atoms with Crippen molar-refractivity contribution in [3.63, 3.8) is 0 Å². The molecule has 0 radical (unpaired) electrons. The van der Waals surface area contributed by atoms with Crippen molar-refractivity contribution in [1.82, 2.24) is 14.1 Å². The zero-order chi connectivity index (χ0) is 20.4. The normalized spacial score (nSPS) is 11.8. The van der Waals surface area contributed by atoms with Crippen LogP contribution in [-0.2, 0) is 0 Å². The molecule has 0 unspecified atom stereocenters. The Labute approximate surface area is 179 Å². The minimum atomic E-state index is 0.704. The summed E-state index contributed by atoms with van der Waals surface area (Å²) in [7, 11) is 0. The maximum atomic E-state index is 6.57. The van der Waals surface area contributed by atoms with Crippen LogP contribution in [0.15, 0.2) is 48.5 Å². The standard InChI is InChI=1S/C24H21Cl2N3/c1-13-5-6-14(2)28(13)21-11-17(25)9-19-20-10-18(26)12-22(24(20)27-23(19)21)29-15(3)7-8-16(29)4/h5-12,27H,1-4H3. The summed E-state index contributed by atoms with van der Waals surface area (Å²) in [4.78, 5) is 3.70. The molecule has 0 saturated carbocycles. The molecule has 3 aromatic heterocycles. The van der Waals surface area contributed by atoms with Crippen LogP contribution in [0.3, 0.4) is 0 Å². The number of hydrogen-bond acceptors (Lipinski definition) is 0. The summed E-state index contributed by atoms with van der Waals surface area (Å²) >= 11 is 13.1. The number of aryl methyl sites for hydroxylation is 4. The van der Waals surface area contributed by atoms with Crippen LogP contribution in [0, 0.1) is 27.7 Å². The lowest BCUT2D eigenvalue weighted by Gasteiger charge is -2.12. The van der Waals surface area contributed by atoms with Crippen molar-refractivity contribution in [2.24, 2.45) is 0 Å². The van der Waals surface area contributed by atoms with E-state index in [1.54, 1.807) is 0 Å². The van der Waals surface area contributed by atoms with E-state index in [1.165, 1.54) is 22.8 Å². The fourth-order valence-electron chi connectivity index (χ4n) is 4.45. The first-order valence-electron chi connectivity index (χ1n) is 9.60. The topological polar surface area (TPSA) is 25.6 Å². The highest BCUT2D eigenvalue weighted by atomic mass is 35.5. The van der Waals surface area contributed by atoms with Crippen LogP contribution >= 0.6 is 23.2 Å². The first kappa shape index (κ1) is 18.4. The van der Waals surface area contributed by atoms with E-state index in [2.05, 4.69) is 66.1 Å². The van der Waals surface area contributed by atoms with Crippen molar-refractivity contribution in [3.8, 4) is 11.4 Å². The third-order valence-corrected chi connectivity index (χ3v) is 6.17. The molecule has 1 N–H and O–H groups in total. The molecular formula is C24H21Cl2N3. The van der Waals surface area contributed by atoms with Crippen molar-refractivity contribution in [3.05, 3.63) is 81.4 Å². The van der Waals surface area contributed by atoms with Crippen molar-refractivity contribution in [2.75, 3.05) is 0 Å². The molecule has 5 heteroatoms. The summed E-state index contributed by atoms with van der Waals surface area (Å²) < 4.78 is 4.47. The van der Waals surface area contributed by atoms with Gasteiger partial charge in [0, 0.05) is 43.6 Å². The average molecular weight is 422 g/mol. The number of rotatable bonds is 2. The predicted octanol–water partition coefficient (Wildman–Crippen LogP) is 7.44. The molecule has 146 valence electrons. The van der Waals surface area contributed by atoms with Gasteiger partial charge in [-0.3, -0.25) is 0 Å². The van der Waals surface area contributed by atoms with E-state index in [1.807, 2.05) is 24.3 Å². The smallest absolute Gasteiger partial charge is 0.0712 e. The molecule has 2 aromatic carbocycles. The Morgan fingerprint density at radius 3 is 1.28 bits per heavy atom. The summed E-state index contributed by atoms with van der Waals surface area (Å²) in [6, 6.07) is 16.6. The van der Waals surface area contributed by atoms with E-state index in [0.29, 0.717) is 10.0 Å². The highest BCUT2D eigenvalue weighted by Gasteiger charge is 2.18. The Hall–Kier alpha value is -2.62. The lowest BCUT2D eigenvalue weighted by molar-refractivity contribution is 0.968. The molecule has 5 rings (SSSR count). The van der Waals surface area contributed by atoms with Crippen molar-refractivity contribution in [2.45, 2.75) is 27.7 Å². The number of nitrogens with one attached hydrogen (secondary N) is 1. The van der Waals surface area contributed by atoms with Gasteiger partial charge >= 0.3 is 0 Å². The van der Waals surface area contributed by atoms with Crippen LogP contribution in [0.1, 0.15) is 22.8 Å². The first-order chi connectivity index (χ1) is 13.8. The number of nitrogens with zero attached hydrogens (tertiary/aromatic N) is 2. The molecular weight excluding hydrogens is 401 g/mol. The van der Waals surface area contributed by atoms with Gasteiger partial charge in [-0.05, 0) is 76.2 Å². The quantitative estimate of drug-likeness (QED) is 0.306. The van der Waals surface area contributed by atoms with E-state index in [0.717, 1.165) is 33.2 Å². The van der Waals surface area contributed by atoms with Crippen molar-refractivity contribution >= 4 is 45.0 Å². The molecule has 3 nitrogen and oxygen atoms in total. The SMILES string of the molecule is Cc1ccc(C)n1-c1cc(Cl)cc2c1[nH]c1c(-n3c(C)ccc3C)cc(Cl)cc12. The van der Waals surface area contributed by atoms with Crippen LogP contribution in [0.4, 0.5) is 0 Å². The molecule has 0 bridgehead atoms. The Balaban J connectivity index is 1.95. The van der Waals surface area contributed by atoms with Crippen LogP contribution in [0.25, 0.3) is 33.2 Å². The number of halogens is 2. The zero-order valence-corrected chi connectivity index (χ0v) is 18.3. The Morgan fingerprint density at radius 2 is 0.931 bits per heavy atom. The Kier molecular flexibility index (Phi) is 4.09. The fourth-order valence-corrected chi connectivity index (χ4v) is 4.87. The number of fused-ring (bicyclic) bond motifs is 3. The van der Waals surface area contributed by atoms with Gasteiger partial charge < -0.3 is 14.1 Å². The second-order valence-electron chi connectivity index (χ2n) is 7.72. The minimum Gasteiger partial charge on any atom is -0.351 e. The molecule has 0 fully saturated rings. The Bertz CT molecular complexity index is 1270. The predicted molar refractivity (Wildman–Crippen MR) is 123 cm³/mol. The molecule has 0 aliphatic rings. The molecule has 29 heavy (non-hydrogen) atoms. The summed E-state index contributed by atoms with van der Waals surface area (Å²) in [6.45, 7) is 8.43. The molecule has 0 amide bonds. The summed E-state index contributed by atoms with van der Waals surface area (Å²) in [5, 5.41) is 3.55. The van der Waals surface area contributed by atoms with Gasteiger partial charge in [0.2, 0.25) is 0 Å². The van der Waals surface area contributed by atoms with Crippen molar-refractivity contribution < 1.29 is 0 Å². The van der Waals surface area contributed by atoms with Crippen LogP contribution in [0.5, 0.6) is 0 Å². The summed E-state index contributed by atoms with van der Waals surface area (Å²) in [5.41, 5.74) is 8.87. The molecule has 0 atom stereocenters. The third-order valence-electron chi connectivity index (χ3n) is 5.73. The maximum absolute atomic E-state index is 6.57. The van der Waals surface area contributed by atoms with Crippen molar-refractivity contribution in [1.29, 1.82) is 0 Å². The van der Waals surface area contributed by atoms with Gasteiger partial charge in [0.25, 0.3) is 0 Å². The molecule has 0 aliphatic heterocycles. The number of benzene rings is 2. The summed E-state index contributed by atoms with van der Waals surface area (Å²) in [5.74, 6) is 0. The first-order valence-corrected chi connectivity index (χ1v) is 10.4. The van der Waals surface area contributed by atoms with Gasteiger partial charge in [0.1, 0.15) is 0 Å². The van der Waals surface area contributed by atoms with E-state index in [4.69, 9.17) is 23.2 Å². The monoisotopic (exact) mass is 421 g/mol.